The molecule has 3 N–H and O–H groups in total. The summed E-state index contributed by atoms with van der Waals surface area (Å²) in [5.41, 5.74) is 7.13. The van der Waals surface area contributed by atoms with E-state index in [9.17, 15) is 4.79 Å². The Bertz CT molecular complexity index is 470. The minimum atomic E-state index is -0.129. The first-order valence-electron chi connectivity index (χ1n) is 7.19. The van der Waals surface area contributed by atoms with Crippen molar-refractivity contribution in [2.24, 2.45) is 5.92 Å². The molecule has 1 fully saturated rings. The molecular weight excluding hydrogens is 254 g/mol. The number of rotatable bonds is 7. The summed E-state index contributed by atoms with van der Waals surface area (Å²) >= 11 is 0. The van der Waals surface area contributed by atoms with Crippen molar-refractivity contribution in [1.82, 2.24) is 10.3 Å². The van der Waals surface area contributed by atoms with Gasteiger partial charge in [0, 0.05) is 24.4 Å². The Kier molecular flexibility index (Phi) is 4.95. The van der Waals surface area contributed by atoms with Gasteiger partial charge in [0.2, 0.25) is 0 Å². The second-order valence-corrected chi connectivity index (χ2v) is 5.63. The van der Waals surface area contributed by atoms with Crippen molar-refractivity contribution in [1.29, 1.82) is 0 Å². The minimum absolute atomic E-state index is 0.129. The number of nitrogens with two attached hydrogens (primary N) is 1. The fourth-order valence-corrected chi connectivity index (χ4v) is 1.87. The highest BCUT2D eigenvalue weighted by molar-refractivity contribution is 5.94. The lowest BCUT2D eigenvalue weighted by molar-refractivity contribution is 0.0906. The third kappa shape index (κ3) is 4.49. The topological polar surface area (TPSA) is 77.2 Å². The van der Waals surface area contributed by atoms with Gasteiger partial charge in [0.25, 0.3) is 5.91 Å². The summed E-state index contributed by atoms with van der Waals surface area (Å²) in [6.07, 6.45) is 2.56. The van der Waals surface area contributed by atoms with Crippen molar-refractivity contribution in [2.75, 3.05) is 25.5 Å². The molecule has 0 radical (unpaired) electrons. The van der Waals surface area contributed by atoms with Crippen LogP contribution in [-0.2, 0) is 4.74 Å². The molecule has 1 aromatic heterocycles. The van der Waals surface area contributed by atoms with Crippen LogP contribution in [0.5, 0.6) is 0 Å². The molecule has 1 aromatic rings. The van der Waals surface area contributed by atoms with Gasteiger partial charge in [-0.15, -0.1) is 0 Å². The molecule has 1 aliphatic carbocycles. The predicted molar refractivity (Wildman–Crippen MR) is 78.6 cm³/mol. The van der Waals surface area contributed by atoms with E-state index in [-0.39, 0.29) is 11.8 Å². The number of hydrogen-bond acceptors (Lipinski definition) is 4. The Morgan fingerprint density at radius 3 is 2.90 bits per heavy atom. The molecule has 110 valence electrons. The normalized spacial score (nSPS) is 14.6. The van der Waals surface area contributed by atoms with Crippen LogP contribution in [0.4, 0.5) is 5.82 Å². The molecule has 20 heavy (non-hydrogen) atoms. The molecule has 0 atom stereocenters. The molecule has 1 saturated carbocycles. The standard InChI is InChI=1S/C15H23N3O2/c1-10(2)13-7-12(8-14(16)18-13)15(19)17-5-6-20-9-11-3-4-11/h7-8,10-11H,3-6,9H2,1-2H3,(H2,16,18)(H,17,19). The summed E-state index contributed by atoms with van der Waals surface area (Å²) in [6.45, 7) is 5.94. The lowest BCUT2D eigenvalue weighted by atomic mass is 10.1. The maximum Gasteiger partial charge on any atom is 0.251 e. The molecule has 0 bridgehead atoms. The van der Waals surface area contributed by atoms with Crippen LogP contribution < -0.4 is 11.1 Å². The van der Waals surface area contributed by atoms with Crippen LogP contribution in [0.2, 0.25) is 0 Å². The summed E-state index contributed by atoms with van der Waals surface area (Å²) in [6, 6.07) is 3.40. The fraction of sp³-hybridized carbons (Fsp3) is 0.600. The van der Waals surface area contributed by atoms with E-state index in [4.69, 9.17) is 10.5 Å². The smallest absolute Gasteiger partial charge is 0.251 e. The molecule has 1 aliphatic rings. The van der Waals surface area contributed by atoms with Crippen LogP contribution in [0, 0.1) is 5.92 Å². The van der Waals surface area contributed by atoms with Crippen LogP contribution in [-0.4, -0.2) is 30.6 Å². The van der Waals surface area contributed by atoms with Crippen molar-refractivity contribution < 1.29 is 9.53 Å². The molecule has 0 saturated heterocycles. The van der Waals surface area contributed by atoms with E-state index in [2.05, 4.69) is 10.3 Å². The Balaban J connectivity index is 1.81. The first-order valence-corrected chi connectivity index (χ1v) is 7.19. The zero-order valence-corrected chi connectivity index (χ0v) is 12.2. The average molecular weight is 277 g/mol. The highest BCUT2D eigenvalue weighted by Crippen LogP contribution is 2.28. The van der Waals surface area contributed by atoms with Gasteiger partial charge in [-0.25, -0.2) is 4.98 Å². The summed E-state index contributed by atoms with van der Waals surface area (Å²) < 4.78 is 5.48. The van der Waals surface area contributed by atoms with Gasteiger partial charge < -0.3 is 15.8 Å². The van der Waals surface area contributed by atoms with E-state index in [1.165, 1.54) is 12.8 Å². The first-order chi connectivity index (χ1) is 9.56. The Labute approximate surface area is 119 Å². The monoisotopic (exact) mass is 277 g/mol. The van der Waals surface area contributed by atoms with Gasteiger partial charge in [0.1, 0.15) is 5.82 Å². The van der Waals surface area contributed by atoms with Crippen LogP contribution in [0.25, 0.3) is 0 Å². The zero-order valence-electron chi connectivity index (χ0n) is 12.2. The fourth-order valence-electron chi connectivity index (χ4n) is 1.87. The number of nitrogen functional groups attached to an aromatic ring is 1. The van der Waals surface area contributed by atoms with E-state index in [0.29, 0.717) is 24.5 Å². The molecule has 2 rings (SSSR count). The Hall–Kier alpha value is -1.62. The number of hydrogen-bond donors (Lipinski definition) is 2. The molecule has 5 heteroatoms. The van der Waals surface area contributed by atoms with E-state index in [0.717, 1.165) is 18.2 Å². The Morgan fingerprint density at radius 1 is 1.50 bits per heavy atom. The maximum absolute atomic E-state index is 12.0. The van der Waals surface area contributed by atoms with Crippen molar-refractivity contribution in [3.8, 4) is 0 Å². The van der Waals surface area contributed by atoms with Gasteiger partial charge in [-0.1, -0.05) is 13.8 Å². The average Bonchev–Trinajstić information content (AvgIpc) is 3.21. The number of aromatic nitrogens is 1. The third-order valence-electron chi connectivity index (χ3n) is 3.30. The second-order valence-electron chi connectivity index (χ2n) is 5.63. The number of anilines is 1. The molecule has 0 spiro atoms. The van der Waals surface area contributed by atoms with Gasteiger partial charge in [-0.05, 0) is 36.8 Å². The van der Waals surface area contributed by atoms with Crippen LogP contribution >= 0.6 is 0 Å². The lowest BCUT2D eigenvalue weighted by Crippen LogP contribution is -2.27. The highest BCUT2D eigenvalue weighted by Gasteiger charge is 2.20. The third-order valence-corrected chi connectivity index (χ3v) is 3.30. The second kappa shape index (κ2) is 6.70. The number of carbonyl (C=O) groups excluding carboxylic acids is 1. The summed E-state index contributed by atoms with van der Waals surface area (Å²) in [5.74, 6) is 1.24. The Morgan fingerprint density at radius 2 is 2.25 bits per heavy atom. The lowest BCUT2D eigenvalue weighted by Gasteiger charge is -2.10. The van der Waals surface area contributed by atoms with E-state index in [1.54, 1.807) is 12.1 Å². The molecular formula is C15H23N3O2. The van der Waals surface area contributed by atoms with Crippen LogP contribution in [0.1, 0.15) is 48.7 Å². The van der Waals surface area contributed by atoms with Crippen molar-refractivity contribution in [3.63, 3.8) is 0 Å². The highest BCUT2D eigenvalue weighted by atomic mass is 16.5. The maximum atomic E-state index is 12.0. The van der Waals surface area contributed by atoms with Crippen molar-refractivity contribution >= 4 is 11.7 Å². The van der Waals surface area contributed by atoms with Crippen molar-refractivity contribution in [3.05, 3.63) is 23.4 Å². The van der Waals surface area contributed by atoms with Crippen LogP contribution in [0.15, 0.2) is 12.1 Å². The minimum Gasteiger partial charge on any atom is -0.384 e. The number of pyridine rings is 1. The number of amides is 1. The van der Waals surface area contributed by atoms with Crippen molar-refractivity contribution in [2.45, 2.75) is 32.6 Å². The quantitative estimate of drug-likeness (QED) is 0.747. The first kappa shape index (κ1) is 14.8. The largest absolute Gasteiger partial charge is 0.384 e. The van der Waals surface area contributed by atoms with Crippen LogP contribution in [0.3, 0.4) is 0 Å². The number of ether oxygens (including phenoxy) is 1. The summed E-state index contributed by atoms with van der Waals surface area (Å²) in [5, 5.41) is 2.84. The number of carbonyl (C=O) groups is 1. The predicted octanol–water partition coefficient (Wildman–Crippen LogP) is 1.94. The van der Waals surface area contributed by atoms with E-state index in [1.807, 2.05) is 13.8 Å². The summed E-state index contributed by atoms with van der Waals surface area (Å²) in [4.78, 5) is 16.3. The van der Waals surface area contributed by atoms with Gasteiger partial charge in [-0.3, -0.25) is 4.79 Å². The molecule has 0 unspecified atom stereocenters. The number of nitrogens with one attached hydrogen (secondary N) is 1. The van der Waals surface area contributed by atoms with E-state index >= 15 is 0 Å². The van der Waals surface area contributed by atoms with Gasteiger partial charge in [0.05, 0.1) is 6.61 Å². The molecule has 5 nitrogen and oxygen atoms in total. The molecule has 1 heterocycles. The van der Waals surface area contributed by atoms with E-state index < -0.39 is 0 Å². The SMILES string of the molecule is CC(C)c1cc(C(=O)NCCOCC2CC2)cc(N)n1. The van der Waals surface area contributed by atoms with Gasteiger partial charge in [-0.2, -0.15) is 0 Å². The number of nitrogens with zero attached hydrogens (tertiary/aromatic N) is 1. The molecule has 0 aromatic carbocycles. The molecule has 1 amide bonds. The van der Waals surface area contributed by atoms with Gasteiger partial charge in [0.15, 0.2) is 0 Å². The molecule has 0 aliphatic heterocycles. The van der Waals surface area contributed by atoms with Gasteiger partial charge >= 0.3 is 0 Å². The summed E-state index contributed by atoms with van der Waals surface area (Å²) in [7, 11) is 0. The zero-order chi connectivity index (χ0) is 14.5.